The lowest BCUT2D eigenvalue weighted by atomic mass is 10.2. The van der Waals surface area contributed by atoms with Crippen molar-refractivity contribution in [2.75, 3.05) is 19.8 Å². The molecule has 2 amide bonds. The maximum absolute atomic E-state index is 11.4. The van der Waals surface area contributed by atoms with Crippen LogP contribution in [0.2, 0.25) is 0 Å². The standard InChI is InChI=1S/C13H21NO6/c1-13(2,3)19-9-8-18-7-6-12(17)20-14-10(15)4-5-11(14)16/h4-9H2,1-3H3. The predicted molar refractivity (Wildman–Crippen MR) is 68.3 cm³/mol. The van der Waals surface area contributed by atoms with Crippen LogP contribution in [0.4, 0.5) is 0 Å². The Morgan fingerprint density at radius 1 is 1.10 bits per heavy atom. The van der Waals surface area contributed by atoms with Crippen molar-refractivity contribution in [2.45, 2.75) is 45.6 Å². The minimum absolute atomic E-state index is 0.0213. The van der Waals surface area contributed by atoms with Gasteiger partial charge in [-0.1, -0.05) is 0 Å². The van der Waals surface area contributed by atoms with E-state index in [1.54, 1.807) is 0 Å². The molecule has 0 aromatic carbocycles. The van der Waals surface area contributed by atoms with Gasteiger partial charge in [-0.2, -0.15) is 0 Å². The molecule has 1 aliphatic heterocycles. The van der Waals surface area contributed by atoms with Crippen molar-refractivity contribution in [3.8, 4) is 0 Å². The fourth-order valence-electron chi connectivity index (χ4n) is 1.47. The van der Waals surface area contributed by atoms with Gasteiger partial charge in [-0.3, -0.25) is 9.59 Å². The molecule has 1 fully saturated rings. The van der Waals surface area contributed by atoms with Gasteiger partial charge in [-0.15, -0.1) is 5.06 Å². The van der Waals surface area contributed by atoms with Crippen LogP contribution in [0.15, 0.2) is 0 Å². The quantitative estimate of drug-likeness (QED) is 0.509. The predicted octanol–water partition coefficient (Wildman–Crippen LogP) is 0.815. The molecule has 114 valence electrons. The molecule has 0 unspecified atom stereocenters. The number of carbonyl (C=O) groups excluding carboxylic acids is 3. The first-order valence-corrected chi connectivity index (χ1v) is 6.58. The number of ether oxygens (including phenoxy) is 2. The molecule has 0 N–H and O–H groups in total. The highest BCUT2D eigenvalue weighted by Crippen LogP contribution is 2.12. The van der Waals surface area contributed by atoms with Crippen LogP contribution in [-0.4, -0.2) is 48.3 Å². The first-order valence-electron chi connectivity index (χ1n) is 6.58. The van der Waals surface area contributed by atoms with Crippen molar-refractivity contribution in [3.05, 3.63) is 0 Å². The van der Waals surface area contributed by atoms with Crippen molar-refractivity contribution in [3.63, 3.8) is 0 Å². The summed E-state index contributed by atoms with van der Waals surface area (Å²) >= 11 is 0. The summed E-state index contributed by atoms with van der Waals surface area (Å²) < 4.78 is 10.6. The van der Waals surface area contributed by atoms with E-state index in [4.69, 9.17) is 9.47 Å². The number of hydrogen-bond acceptors (Lipinski definition) is 6. The third-order valence-electron chi connectivity index (χ3n) is 2.41. The Kier molecular flexibility index (Phi) is 6.09. The third-order valence-corrected chi connectivity index (χ3v) is 2.41. The monoisotopic (exact) mass is 287 g/mol. The summed E-state index contributed by atoms with van der Waals surface area (Å²) in [5.41, 5.74) is -0.223. The molecule has 0 radical (unpaired) electrons. The van der Waals surface area contributed by atoms with E-state index in [-0.39, 0.29) is 31.5 Å². The van der Waals surface area contributed by atoms with Crippen LogP contribution in [0.25, 0.3) is 0 Å². The molecule has 1 rings (SSSR count). The largest absolute Gasteiger partial charge is 0.378 e. The Balaban J connectivity index is 2.09. The van der Waals surface area contributed by atoms with Gasteiger partial charge < -0.3 is 14.3 Å². The zero-order valence-electron chi connectivity index (χ0n) is 12.1. The summed E-state index contributed by atoms with van der Waals surface area (Å²) in [6, 6.07) is 0. The van der Waals surface area contributed by atoms with E-state index < -0.39 is 17.8 Å². The number of nitrogens with zero attached hydrogens (tertiary/aromatic N) is 1. The second-order valence-electron chi connectivity index (χ2n) is 5.37. The van der Waals surface area contributed by atoms with Crippen LogP contribution in [0.1, 0.15) is 40.0 Å². The molecule has 1 saturated heterocycles. The summed E-state index contributed by atoms with van der Waals surface area (Å²) in [7, 11) is 0. The summed E-state index contributed by atoms with van der Waals surface area (Å²) in [5, 5.41) is 0.533. The zero-order chi connectivity index (χ0) is 15.2. The molecule has 0 aliphatic carbocycles. The van der Waals surface area contributed by atoms with Gasteiger partial charge in [0.1, 0.15) is 0 Å². The summed E-state index contributed by atoms with van der Waals surface area (Å²) in [4.78, 5) is 38.5. The van der Waals surface area contributed by atoms with Crippen molar-refractivity contribution in [1.82, 2.24) is 5.06 Å². The van der Waals surface area contributed by atoms with Crippen molar-refractivity contribution in [2.24, 2.45) is 0 Å². The molecule has 0 spiro atoms. The van der Waals surface area contributed by atoms with Crippen molar-refractivity contribution in [1.29, 1.82) is 0 Å². The van der Waals surface area contributed by atoms with E-state index in [0.29, 0.717) is 18.3 Å². The second-order valence-corrected chi connectivity index (χ2v) is 5.37. The summed E-state index contributed by atoms with van der Waals surface area (Å²) in [5.74, 6) is -1.63. The number of hydroxylamine groups is 2. The molecular formula is C13H21NO6. The van der Waals surface area contributed by atoms with Crippen LogP contribution in [0, 0.1) is 0 Å². The van der Waals surface area contributed by atoms with E-state index in [1.165, 1.54) is 0 Å². The second kappa shape index (κ2) is 7.35. The van der Waals surface area contributed by atoms with Crippen molar-refractivity contribution < 1.29 is 28.7 Å². The Bertz CT molecular complexity index is 358. The lowest BCUT2D eigenvalue weighted by Crippen LogP contribution is -2.32. The minimum Gasteiger partial charge on any atom is -0.378 e. The van der Waals surface area contributed by atoms with Gasteiger partial charge in [0.15, 0.2) is 0 Å². The highest BCUT2D eigenvalue weighted by atomic mass is 16.7. The van der Waals surface area contributed by atoms with Gasteiger partial charge >= 0.3 is 5.97 Å². The van der Waals surface area contributed by atoms with E-state index in [0.717, 1.165) is 0 Å². The maximum Gasteiger partial charge on any atom is 0.335 e. The van der Waals surface area contributed by atoms with Gasteiger partial charge in [0.2, 0.25) is 0 Å². The molecule has 0 aromatic heterocycles. The third kappa shape index (κ3) is 6.12. The molecule has 0 atom stereocenters. The molecule has 20 heavy (non-hydrogen) atoms. The molecular weight excluding hydrogens is 266 g/mol. The molecule has 7 nitrogen and oxygen atoms in total. The van der Waals surface area contributed by atoms with Gasteiger partial charge in [0, 0.05) is 12.8 Å². The topological polar surface area (TPSA) is 82.1 Å². The van der Waals surface area contributed by atoms with E-state index in [1.807, 2.05) is 20.8 Å². The average molecular weight is 287 g/mol. The number of rotatable bonds is 7. The Hall–Kier alpha value is -1.47. The van der Waals surface area contributed by atoms with Gasteiger partial charge in [-0.25, -0.2) is 4.79 Å². The molecule has 1 heterocycles. The average Bonchev–Trinajstić information content (AvgIpc) is 2.64. The van der Waals surface area contributed by atoms with Crippen LogP contribution in [-0.2, 0) is 28.7 Å². The smallest absolute Gasteiger partial charge is 0.335 e. The first-order chi connectivity index (χ1) is 9.29. The molecule has 0 bridgehead atoms. The zero-order valence-corrected chi connectivity index (χ0v) is 12.1. The lowest BCUT2D eigenvalue weighted by molar-refractivity contribution is -0.198. The van der Waals surface area contributed by atoms with E-state index in [9.17, 15) is 14.4 Å². The number of hydrogen-bond donors (Lipinski definition) is 0. The Morgan fingerprint density at radius 3 is 2.25 bits per heavy atom. The maximum atomic E-state index is 11.4. The van der Waals surface area contributed by atoms with Crippen molar-refractivity contribution >= 4 is 17.8 Å². The highest BCUT2D eigenvalue weighted by Gasteiger charge is 2.32. The van der Waals surface area contributed by atoms with Crippen LogP contribution < -0.4 is 0 Å². The van der Waals surface area contributed by atoms with E-state index >= 15 is 0 Å². The summed E-state index contributed by atoms with van der Waals surface area (Å²) in [6.45, 7) is 6.77. The highest BCUT2D eigenvalue weighted by molar-refractivity contribution is 6.01. The van der Waals surface area contributed by atoms with Gasteiger partial charge in [0.05, 0.1) is 31.8 Å². The SMILES string of the molecule is CC(C)(C)OCCOCCC(=O)ON1C(=O)CCC1=O. The van der Waals surface area contributed by atoms with Crippen LogP contribution in [0.3, 0.4) is 0 Å². The Morgan fingerprint density at radius 2 is 1.70 bits per heavy atom. The van der Waals surface area contributed by atoms with Crippen LogP contribution >= 0.6 is 0 Å². The van der Waals surface area contributed by atoms with Crippen LogP contribution in [0.5, 0.6) is 0 Å². The molecule has 0 saturated carbocycles. The minimum atomic E-state index is -0.662. The Labute approximate surface area is 118 Å². The van der Waals surface area contributed by atoms with E-state index in [2.05, 4.69) is 4.84 Å². The summed E-state index contributed by atoms with van der Waals surface area (Å²) in [6.07, 6.45) is 0.159. The molecule has 1 aliphatic rings. The number of carbonyl (C=O) groups is 3. The fourth-order valence-corrected chi connectivity index (χ4v) is 1.47. The number of imide groups is 1. The molecule has 7 heteroatoms. The molecule has 0 aromatic rings. The fraction of sp³-hybridized carbons (Fsp3) is 0.769. The normalized spacial score (nSPS) is 15.8. The first kappa shape index (κ1) is 16.6. The van der Waals surface area contributed by atoms with Gasteiger partial charge in [0.25, 0.3) is 11.8 Å². The number of amides is 2. The lowest BCUT2D eigenvalue weighted by Gasteiger charge is -2.19. The van der Waals surface area contributed by atoms with Gasteiger partial charge in [-0.05, 0) is 20.8 Å².